The van der Waals surface area contributed by atoms with Crippen molar-refractivity contribution >= 4 is 19.7 Å². The number of unbranched alkanes of at least 4 members (excludes halogenated alkanes) is 19. The lowest BCUT2D eigenvalue weighted by Crippen LogP contribution is -2.47. The summed E-state index contributed by atoms with van der Waals surface area (Å²) in [6.07, 6.45) is 73.1. The molecule has 0 bridgehead atoms. The number of carbonyl (C=O) groups is 2. The number of quaternary nitrogens is 1. The van der Waals surface area contributed by atoms with Crippen molar-refractivity contribution in [3.8, 4) is 0 Å². The summed E-state index contributed by atoms with van der Waals surface area (Å²) in [4.78, 5) is 39.9. The van der Waals surface area contributed by atoms with Crippen LogP contribution in [0.5, 0.6) is 0 Å². The number of hydrogen-bond donors (Lipinski definition) is 1. The van der Waals surface area contributed by atoms with Crippen LogP contribution in [0, 0.1) is 0 Å². The summed E-state index contributed by atoms with van der Waals surface area (Å²) in [6.45, 7) is 6.53. The minimum Gasteiger partial charge on any atom is -0.756 e. The molecule has 1 amide bonds. The van der Waals surface area contributed by atoms with Gasteiger partial charge in [0.2, 0.25) is 5.91 Å². The molecule has 0 aromatic carbocycles. The number of phosphoric ester groups is 1. The predicted octanol–water partition coefficient (Wildman–Crippen LogP) is 17.3. The summed E-state index contributed by atoms with van der Waals surface area (Å²) in [5, 5.41) is 3.00. The standard InChI is InChI=1S/C64H109N2O7P/c1-7-10-13-16-19-22-25-28-30-31-32-33-34-35-37-39-42-45-48-51-54-57-64(68)73-62(55-52-49-46-43-40-27-24-21-18-15-12-9-3)61(60-72-74(69,70)71-59-58-66(4,5)6)65-63(67)56-53-50-47-44-41-38-36-29-26-23-20-17-14-11-8-2/h10-11,13-14,17,19-20,22-23,26,28,30,32-33,35,37,42,45,52,55,61-62H,7-9,12,15-16,18,21,24-25,27,29,31,34,36,38-41,43-44,46-51,53-54,56-60H2,1-6H3,(H-,65,67,69,70)/b13-10-,14-11+,20-17+,22-19-,26-23+,30-28-,33-32-,37-35-,45-42-,55-52-. The Bertz CT molecular complexity index is 1680. The third-order valence-electron chi connectivity index (χ3n) is 12.2. The van der Waals surface area contributed by atoms with Crippen LogP contribution in [-0.2, 0) is 27.9 Å². The molecular formula is C64H109N2O7P. The Hall–Kier alpha value is -3.59. The zero-order valence-electron chi connectivity index (χ0n) is 48.0. The maximum Gasteiger partial charge on any atom is 0.306 e. The molecule has 9 nitrogen and oxygen atoms in total. The van der Waals surface area contributed by atoms with Gasteiger partial charge in [0.05, 0.1) is 33.8 Å². The smallest absolute Gasteiger partial charge is 0.306 e. The summed E-state index contributed by atoms with van der Waals surface area (Å²) in [6, 6.07) is -0.920. The van der Waals surface area contributed by atoms with E-state index < -0.39 is 32.5 Å². The van der Waals surface area contributed by atoms with Gasteiger partial charge < -0.3 is 28.5 Å². The first-order valence-corrected chi connectivity index (χ1v) is 30.8. The van der Waals surface area contributed by atoms with Gasteiger partial charge in [-0.2, -0.15) is 0 Å². The number of nitrogens with zero attached hydrogens (tertiary/aromatic N) is 1. The molecule has 0 aromatic rings. The zero-order valence-corrected chi connectivity index (χ0v) is 48.9. The van der Waals surface area contributed by atoms with E-state index in [1.54, 1.807) is 0 Å². The van der Waals surface area contributed by atoms with Crippen LogP contribution in [-0.4, -0.2) is 69.4 Å². The second-order valence-corrected chi connectivity index (χ2v) is 21.9. The minimum absolute atomic E-state index is 0.0388. The first-order valence-electron chi connectivity index (χ1n) is 29.4. The van der Waals surface area contributed by atoms with Gasteiger partial charge in [-0.25, -0.2) is 0 Å². The largest absolute Gasteiger partial charge is 0.756 e. The maximum absolute atomic E-state index is 13.5. The van der Waals surface area contributed by atoms with Crippen molar-refractivity contribution < 1.29 is 37.3 Å². The molecule has 0 aliphatic rings. The lowest BCUT2D eigenvalue weighted by molar-refractivity contribution is -0.870. The molecular weight excluding hydrogens is 940 g/mol. The fourth-order valence-corrected chi connectivity index (χ4v) is 8.42. The van der Waals surface area contributed by atoms with Crippen LogP contribution < -0.4 is 10.2 Å². The lowest BCUT2D eigenvalue weighted by atomic mass is 10.0. The van der Waals surface area contributed by atoms with Crippen molar-refractivity contribution in [2.75, 3.05) is 40.9 Å². The highest BCUT2D eigenvalue weighted by atomic mass is 31.2. The SMILES string of the molecule is CC/C=C\C/C=C\C/C=C\C/C=C\C/C=C\C/C=C\CCCCC(=O)OC(/C=C\CCCCCCCCCCCC)C(COP(=O)([O-])OCC[N+](C)(C)C)NC(=O)CCCCCCCCC/C=C/C=C/C=C/CC. The number of carbonyl (C=O) groups excluding carboxylic acids is 2. The van der Waals surface area contributed by atoms with Gasteiger partial charge in [0.25, 0.3) is 7.82 Å². The fraction of sp³-hybridized carbons (Fsp3) is 0.656. The van der Waals surface area contributed by atoms with E-state index >= 15 is 0 Å². The van der Waals surface area contributed by atoms with Crippen molar-refractivity contribution in [3.63, 3.8) is 0 Å². The molecule has 0 aliphatic carbocycles. The van der Waals surface area contributed by atoms with Crippen LogP contribution in [0.1, 0.15) is 220 Å². The second-order valence-electron chi connectivity index (χ2n) is 20.4. The molecule has 422 valence electrons. The first kappa shape index (κ1) is 70.4. The molecule has 0 aliphatic heterocycles. The van der Waals surface area contributed by atoms with Crippen LogP contribution in [0.3, 0.4) is 0 Å². The fourth-order valence-electron chi connectivity index (χ4n) is 7.70. The third-order valence-corrected chi connectivity index (χ3v) is 13.2. The highest BCUT2D eigenvalue weighted by Crippen LogP contribution is 2.38. The van der Waals surface area contributed by atoms with E-state index in [0.717, 1.165) is 103 Å². The number of amides is 1. The van der Waals surface area contributed by atoms with Crippen molar-refractivity contribution in [3.05, 3.63) is 122 Å². The summed E-state index contributed by atoms with van der Waals surface area (Å²) in [5.41, 5.74) is 0. The summed E-state index contributed by atoms with van der Waals surface area (Å²) >= 11 is 0. The Balaban J connectivity index is 5.41. The Morgan fingerprint density at radius 2 is 0.932 bits per heavy atom. The number of ether oxygens (including phenoxy) is 1. The van der Waals surface area contributed by atoms with Crippen molar-refractivity contribution in [2.45, 2.75) is 232 Å². The van der Waals surface area contributed by atoms with E-state index in [-0.39, 0.29) is 25.4 Å². The van der Waals surface area contributed by atoms with E-state index in [4.69, 9.17) is 13.8 Å². The van der Waals surface area contributed by atoms with Gasteiger partial charge in [0, 0.05) is 12.8 Å². The van der Waals surface area contributed by atoms with Crippen LogP contribution in [0.2, 0.25) is 0 Å². The molecule has 0 rings (SSSR count). The lowest BCUT2D eigenvalue weighted by Gasteiger charge is -2.30. The summed E-state index contributed by atoms with van der Waals surface area (Å²) in [5.74, 6) is -0.616. The molecule has 1 N–H and O–H groups in total. The average molecular weight is 1050 g/mol. The van der Waals surface area contributed by atoms with Crippen LogP contribution >= 0.6 is 7.82 Å². The molecule has 0 saturated heterocycles. The van der Waals surface area contributed by atoms with Crippen LogP contribution in [0.25, 0.3) is 0 Å². The topological polar surface area (TPSA) is 114 Å². The highest BCUT2D eigenvalue weighted by Gasteiger charge is 2.27. The van der Waals surface area contributed by atoms with Gasteiger partial charge in [0.15, 0.2) is 0 Å². The quantitative estimate of drug-likeness (QED) is 0.0161. The third kappa shape index (κ3) is 53.2. The van der Waals surface area contributed by atoms with Gasteiger partial charge in [0.1, 0.15) is 19.3 Å². The molecule has 0 aromatic heterocycles. The van der Waals surface area contributed by atoms with Crippen molar-refractivity contribution in [1.82, 2.24) is 5.32 Å². The summed E-state index contributed by atoms with van der Waals surface area (Å²) < 4.78 is 30.2. The molecule has 3 unspecified atom stereocenters. The molecule has 0 heterocycles. The zero-order chi connectivity index (χ0) is 54.3. The minimum atomic E-state index is -4.72. The number of esters is 1. The van der Waals surface area contributed by atoms with Gasteiger partial charge in [-0.05, 0) is 102 Å². The summed E-state index contributed by atoms with van der Waals surface area (Å²) in [7, 11) is 1.13. The Kier molecular flexibility index (Phi) is 50.3. The number of allylic oxidation sites excluding steroid dienone is 19. The Morgan fingerprint density at radius 1 is 0.500 bits per heavy atom. The number of rotatable bonds is 51. The maximum atomic E-state index is 13.5. The van der Waals surface area contributed by atoms with Gasteiger partial charge in [-0.15, -0.1) is 0 Å². The number of phosphoric acid groups is 1. The molecule has 3 atom stereocenters. The molecule has 0 radical (unpaired) electrons. The van der Waals surface area contributed by atoms with E-state index in [0.29, 0.717) is 23.9 Å². The van der Waals surface area contributed by atoms with E-state index in [9.17, 15) is 19.0 Å². The normalized spacial score (nSPS) is 14.6. The van der Waals surface area contributed by atoms with Crippen molar-refractivity contribution in [2.24, 2.45) is 0 Å². The molecule has 0 saturated carbocycles. The first-order chi connectivity index (χ1) is 35.9. The van der Waals surface area contributed by atoms with Gasteiger partial charge in [-0.1, -0.05) is 226 Å². The van der Waals surface area contributed by atoms with E-state index in [1.165, 1.54) is 70.6 Å². The number of nitrogens with one attached hydrogen (secondary N) is 1. The molecule has 74 heavy (non-hydrogen) atoms. The highest BCUT2D eigenvalue weighted by molar-refractivity contribution is 7.45. The monoisotopic (exact) mass is 1050 g/mol. The van der Waals surface area contributed by atoms with E-state index in [1.807, 2.05) is 33.3 Å². The molecule has 0 fully saturated rings. The molecule has 10 heteroatoms. The van der Waals surface area contributed by atoms with Crippen LogP contribution in [0.4, 0.5) is 0 Å². The number of likely N-dealkylation sites (N-methyl/N-ethyl adjacent to an activating group) is 1. The van der Waals surface area contributed by atoms with Gasteiger partial charge >= 0.3 is 5.97 Å². The number of hydrogen-bond acceptors (Lipinski definition) is 7. The second kappa shape index (κ2) is 52.8. The van der Waals surface area contributed by atoms with Crippen molar-refractivity contribution in [1.29, 1.82) is 0 Å². The molecule has 0 spiro atoms. The Labute approximate surface area is 454 Å². The Morgan fingerprint density at radius 3 is 1.46 bits per heavy atom. The van der Waals surface area contributed by atoms with Gasteiger partial charge in [-0.3, -0.25) is 14.2 Å². The predicted molar refractivity (Wildman–Crippen MR) is 316 cm³/mol. The van der Waals surface area contributed by atoms with Crippen LogP contribution in [0.15, 0.2) is 122 Å². The average Bonchev–Trinajstić information content (AvgIpc) is 3.36. The van der Waals surface area contributed by atoms with E-state index in [2.05, 4.69) is 135 Å².